The second-order valence-electron chi connectivity index (χ2n) is 10.5. The molecule has 2 atom stereocenters. The van der Waals surface area contributed by atoms with Crippen molar-refractivity contribution in [3.8, 4) is 5.75 Å². The van der Waals surface area contributed by atoms with Crippen LogP contribution in [0.5, 0.6) is 5.75 Å². The van der Waals surface area contributed by atoms with Crippen molar-refractivity contribution >= 4 is 17.8 Å². The number of hydrogen-bond donors (Lipinski definition) is 2. The number of rotatable bonds is 5. The van der Waals surface area contributed by atoms with Gasteiger partial charge in [-0.3, -0.25) is 14.5 Å². The zero-order valence-corrected chi connectivity index (χ0v) is 20.6. The van der Waals surface area contributed by atoms with Crippen LogP contribution in [0.1, 0.15) is 75.0 Å². The number of para-hydroxylation sites is 1. The second-order valence-corrected chi connectivity index (χ2v) is 10.5. The molecular formula is C27H34N4O3. The van der Waals surface area contributed by atoms with E-state index in [1.807, 2.05) is 77.1 Å². The molecule has 0 unspecified atom stereocenters. The maximum Gasteiger partial charge on any atom is 0.251 e. The molecule has 0 spiro atoms. The van der Waals surface area contributed by atoms with Crippen molar-refractivity contribution in [2.24, 2.45) is 16.6 Å². The molecule has 0 saturated heterocycles. The van der Waals surface area contributed by atoms with Crippen molar-refractivity contribution in [3.63, 3.8) is 0 Å². The van der Waals surface area contributed by atoms with Crippen molar-refractivity contribution < 1.29 is 14.3 Å². The number of nitrogens with two attached hydrogens (primary N) is 1. The SMILES string of the molecule is CC(C)[C@]1(C)CC(=O)N(Cc2cccc(C(=O)N[C@H]3CC(C)(C)Oc4ccccc43)c2)C(N)=N1. The molecule has 7 nitrogen and oxygen atoms in total. The maximum atomic E-state index is 13.2. The van der Waals surface area contributed by atoms with E-state index in [0.29, 0.717) is 18.4 Å². The lowest BCUT2D eigenvalue weighted by atomic mass is 9.84. The smallest absolute Gasteiger partial charge is 0.251 e. The standard InChI is InChI=1S/C27H34N4O3/c1-17(2)27(5)15-23(32)31(25(28)30-27)16-18-9-8-10-19(13-18)24(33)29-21-14-26(3,4)34-22-12-7-6-11-20(21)22/h6-13,17,21H,14-16H2,1-5H3,(H2,28,30)(H,29,33)/t21-,27-/m0/s1. The lowest BCUT2D eigenvalue weighted by Crippen LogP contribution is -2.51. The lowest BCUT2D eigenvalue weighted by molar-refractivity contribution is -0.130. The largest absolute Gasteiger partial charge is 0.487 e. The van der Waals surface area contributed by atoms with Gasteiger partial charge in [-0.1, -0.05) is 44.2 Å². The molecule has 2 heterocycles. The van der Waals surface area contributed by atoms with Crippen LogP contribution in [0.4, 0.5) is 0 Å². The van der Waals surface area contributed by atoms with Crippen LogP contribution in [0.15, 0.2) is 53.5 Å². The molecule has 0 aliphatic carbocycles. The first-order chi connectivity index (χ1) is 16.0. The highest BCUT2D eigenvalue weighted by Crippen LogP contribution is 2.39. The molecule has 0 radical (unpaired) electrons. The Morgan fingerprint density at radius 1 is 1.21 bits per heavy atom. The number of amides is 2. The molecular weight excluding hydrogens is 428 g/mol. The van der Waals surface area contributed by atoms with Crippen LogP contribution in [0.2, 0.25) is 0 Å². The Balaban J connectivity index is 1.51. The fourth-order valence-corrected chi connectivity index (χ4v) is 4.56. The van der Waals surface area contributed by atoms with Gasteiger partial charge in [-0.15, -0.1) is 0 Å². The zero-order valence-electron chi connectivity index (χ0n) is 20.6. The fraction of sp³-hybridized carbons (Fsp3) is 0.444. The van der Waals surface area contributed by atoms with Gasteiger partial charge in [0.05, 0.1) is 24.5 Å². The maximum absolute atomic E-state index is 13.2. The van der Waals surface area contributed by atoms with Gasteiger partial charge in [0, 0.05) is 17.5 Å². The number of nitrogens with zero attached hydrogens (tertiary/aromatic N) is 2. The Kier molecular flexibility index (Phi) is 6.14. The highest BCUT2D eigenvalue weighted by atomic mass is 16.5. The highest BCUT2D eigenvalue weighted by Gasteiger charge is 2.38. The van der Waals surface area contributed by atoms with Crippen molar-refractivity contribution in [1.82, 2.24) is 10.2 Å². The van der Waals surface area contributed by atoms with E-state index in [-0.39, 0.29) is 41.9 Å². The average Bonchev–Trinajstić information content (AvgIpc) is 2.75. The molecule has 2 aromatic carbocycles. The van der Waals surface area contributed by atoms with Crippen LogP contribution in [-0.2, 0) is 11.3 Å². The number of ether oxygens (including phenoxy) is 1. The Labute approximate surface area is 201 Å². The number of hydrogen-bond acceptors (Lipinski definition) is 5. The first-order valence-electron chi connectivity index (χ1n) is 11.8. The molecule has 180 valence electrons. The van der Waals surface area contributed by atoms with Gasteiger partial charge in [-0.05, 0) is 50.5 Å². The van der Waals surface area contributed by atoms with Crippen LogP contribution >= 0.6 is 0 Å². The summed E-state index contributed by atoms with van der Waals surface area (Å²) in [7, 11) is 0. The van der Waals surface area contributed by atoms with Crippen LogP contribution in [0.3, 0.4) is 0 Å². The Hall–Kier alpha value is -3.35. The number of carbonyl (C=O) groups is 2. The van der Waals surface area contributed by atoms with Gasteiger partial charge in [0.2, 0.25) is 5.91 Å². The number of nitrogens with one attached hydrogen (secondary N) is 1. The topological polar surface area (TPSA) is 97.0 Å². The number of benzene rings is 2. The Morgan fingerprint density at radius 3 is 2.65 bits per heavy atom. The van der Waals surface area contributed by atoms with E-state index in [0.717, 1.165) is 16.9 Å². The zero-order chi connectivity index (χ0) is 24.7. The molecule has 0 saturated carbocycles. The monoisotopic (exact) mass is 462 g/mol. The summed E-state index contributed by atoms with van der Waals surface area (Å²) in [6.45, 7) is 10.4. The third kappa shape index (κ3) is 4.79. The normalized spacial score (nSPS) is 23.7. The van der Waals surface area contributed by atoms with Gasteiger partial charge < -0.3 is 15.8 Å². The van der Waals surface area contributed by atoms with Gasteiger partial charge in [0.1, 0.15) is 11.4 Å². The number of guanidine groups is 1. The van der Waals surface area contributed by atoms with Crippen molar-refractivity contribution in [3.05, 3.63) is 65.2 Å². The predicted octanol–water partition coefficient (Wildman–Crippen LogP) is 4.18. The van der Waals surface area contributed by atoms with Crippen LogP contribution in [0, 0.1) is 5.92 Å². The average molecular weight is 463 g/mol. The molecule has 0 aromatic heterocycles. The summed E-state index contributed by atoms with van der Waals surface area (Å²) in [6, 6.07) is 14.9. The molecule has 2 aliphatic rings. The minimum atomic E-state index is -0.493. The molecule has 2 amide bonds. The summed E-state index contributed by atoms with van der Waals surface area (Å²) >= 11 is 0. The predicted molar refractivity (Wildman–Crippen MR) is 132 cm³/mol. The third-order valence-electron chi connectivity index (χ3n) is 6.91. The summed E-state index contributed by atoms with van der Waals surface area (Å²) in [5.74, 6) is 0.996. The van der Waals surface area contributed by atoms with Gasteiger partial charge >= 0.3 is 0 Å². The molecule has 2 aromatic rings. The van der Waals surface area contributed by atoms with Crippen molar-refractivity contribution in [1.29, 1.82) is 0 Å². The van der Waals surface area contributed by atoms with E-state index in [9.17, 15) is 9.59 Å². The van der Waals surface area contributed by atoms with E-state index in [1.54, 1.807) is 6.07 Å². The summed E-state index contributed by atoms with van der Waals surface area (Å²) < 4.78 is 6.08. The number of aliphatic imine (C=N–C) groups is 1. The van der Waals surface area contributed by atoms with Crippen molar-refractivity contribution in [2.75, 3.05) is 0 Å². The van der Waals surface area contributed by atoms with Crippen molar-refractivity contribution in [2.45, 2.75) is 71.2 Å². The van der Waals surface area contributed by atoms with E-state index >= 15 is 0 Å². The van der Waals surface area contributed by atoms with Crippen LogP contribution in [-0.4, -0.2) is 33.8 Å². The molecule has 0 fully saturated rings. The third-order valence-corrected chi connectivity index (χ3v) is 6.91. The van der Waals surface area contributed by atoms with Crippen LogP contribution < -0.4 is 15.8 Å². The second kappa shape index (κ2) is 8.78. The van der Waals surface area contributed by atoms with E-state index in [1.165, 1.54) is 4.90 Å². The molecule has 2 aliphatic heterocycles. The molecule has 3 N–H and O–H groups in total. The highest BCUT2D eigenvalue weighted by molar-refractivity contribution is 5.99. The molecule has 4 rings (SSSR count). The minimum Gasteiger partial charge on any atom is -0.487 e. The van der Waals surface area contributed by atoms with Gasteiger partial charge in [-0.2, -0.15) is 0 Å². The summed E-state index contributed by atoms with van der Waals surface area (Å²) in [5.41, 5.74) is 7.64. The van der Waals surface area contributed by atoms with E-state index in [4.69, 9.17) is 10.5 Å². The summed E-state index contributed by atoms with van der Waals surface area (Å²) in [5, 5.41) is 3.17. The van der Waals surface area contributed by atoms with E-state index < -0.39 is 5.54 Å². The molecule has 0 bridgehead atoms. The Morgan fingerprint density at radius 2 is 1.94 bits per heavy atom. The summed E-state index contributed by atoms with van der Waals surface area (Å²) in [6.07, 6.45) is 0.976. The molecule has 34 heavy (non-hydrogen) atoms. The summed E-state index contributed by atoms with van der Waals surface area (Å²) in [4.78, 5) is 32.2. The first-order valence-corrected chi connectivity index (χ1v) is 11.8. The molecule has 7 heteroatoms. The van der Waals surface area contributed by atoms with Gasteiger partial charge in [-0.25, -0.2) is 4.99 Å². The minimum absolute atomic E-state index is 0.0559. The van der Waals surface area contributed by atoms with E-state index in [2.05, 4.69) is 10.3 Å². The van der Waals surface area contributed by atoms with Gasteiger partial charge in [0.25, 0.3) is 5.91 Å². The number of fused-ring (bicyclic) bond motifs is 1. The number of carbonyl (C=O) groups excluding carboxylic acids is 2. The fourth-order valence-electron chi connectivity index (χ4n) is 4.56. The quantitative estimate of drug-likeness (QED) is 0.697. The first kappa shape index (κ1) is 23.8. The van der Waals surface area contributed by atoms with Gasteiger partial charge in [0.15, 0.2) is 5.96 Å². The van der Waals surface area contributed by atoms with Crippen LogP contribution in [0.25, 0.3) is 0 Å². The lowest BCUT2D eigenvalue weighted by Gasteiger charge is -2.38. The Bertz CT molecular complexity index is 1140.